The minimum absolute atomic E-state index is 0.301. The zero-order chi connectivity index (χ0) is 23.2. The van der Waals surface area contributed by atoms with Gasteiger partial charge in [-0.1, -0.05) is 54.6 Å². The Morgan fingerprint density at radius 3 is 2.79 bits per heavy atom. The molecule has 0 aliphatic carbocycles. The number of aromatic amines is 1. The third-order valence-electron chi connectivity index (χ3n) is 5.01. The van der Waals surface area contributed by atoms with Gasteiger partial charge in [-0.3, -0.25) is 0 Å². The number of aromatic nitrogens is 3. The number of ether oxygens (including phenoxy) is 1. The number of imidazole rings is 1. The number of fused-ring (bicyclic) bond motifs is 1. The van der Waals surface area contributed by atoms with Crippen molar-refractivity contribution in [2.75, 3.05) is 6.61 Å². The van der Waals surface area contributed by atoms with E-state index in [1.54, 1.807) is 24.3 Å². The molecule has 0 radical (unpaired) electrons. The number of H-pyrrole nitrogens is 1. The van der Waals surface area contributed by atoms with E-state index in [4.69, 9.17) is 21.3 Å². The molecule has 0 aliphatic rings. The Bertz CT molecular complexity index is 1360. The van der Waals surface area contributed by atoms with E-state index in [0.29, 0.717) is 40.6 Å². The van der Waals surface area contributed by atoms with Crippen molar-refractivity contribution in [3.05, 3.63) is 113 Å². The van der Waals surface area contributed by atoms with Crippen LogP contribution < -0.4 is 4.74 Å². The number of allylic oxidation sites excluding steroid dienone is 3. The van der Waals surface area contributed by atoms with E-state index in [1.165, 1.54) is 6.07 Å². The number of benzene rings is 2. The van der Waals surface area contributed by atoms with E-state index >= 15 is 0 Å². The van der Waals surface area contributed by atoms with Crippen molar-refractivity contribution in [2.24, 2.45) is 0 Å². The van der Waals surface area contributed by atoms with Crippen LogP contribution in [0, 0.1) is 5.82 Å². The van der Waals surface area contributed by atoms with Gasteiger partial charge in [-0.05, 0) is 55.0 Å². The number of para-hydroxylation sites is 1. The lowest BCUT2D eigenvalue weighted by atomic mass is 10.1. The minimum atomic E-state index is -0.366. The predicted octanol–water partition coefficient (Wildman–Crippen LogP) is 7.08. The molecular formula is C27H23ClFN3O. The summed E-state index contributed by atoms with van der Waals surface area (Å²) in [6.07, 6.45) is 8.11. The summed E-state index contributed by atoms with van der Waals surface area (Å²) in [6, 6.07) is 16.1. The Balaban J connectivity index is 1.60. The first-order valence-corrected chi connectivity index (χ1v) is 10.9. The summed E-state index contributed by atoms with van der Waals surface area (Å²) >= 11 is 6.27. The molecule has 2 aromatic heterocycles. The molecular weight excluding hydrogens is 437 g/mol. The zero-order valence-electron chi connectivity index (χ0n) is 18.2. The summed E-state index contributed by atoms with van der Waals surface area (Å²) in [4.78, 5) is 12.3. The molecule has 4 aromatic rings. The second kappa shape index (κ2) is 10.3. The molecule has 0 unspecified atom stereocenters. The first kappa shape index (κ1) is 22.5. The Morgan fingerprint density at radius 2 is 2.00 bits per heavy atom. The lowest BCUT2D eigenvalue weighted by Gasteiger charge is -2.13. The van der Waals surface area contributed by atoms with Crippen LogP contribution >= 0.6 is 11.6 Å². The Hall–Kier alpha value is -3.70. The van der Waals surface area contributed by atoms with Crippen molar-refractivity contribution in [3.63, 3.8) is 0 Å². The summed E-state index contributed by atoms with van der Waals surface area (Å²) in [5.41, 5.74) is 4.31. The largest absolute Gasteiger partial charge is 0.489 e. The van der Waals surface area contributed by atoms with E-state index in [0.717, 1.165) is 22.6 Å². The first-order valence-electron chi connectivity index (χ1n) is 10.5. The molecule has 0 aliphatic heterocycles. The fourth-order valence-electron chi connectivity index (χ4n) is 3.53. The lowest BCUT2D eigenvalue weighted by molar-refractivity contribution is 0.352. The van der Waals surface area contributed by atoms with Crippen molar-refractivity contribution < 1.29 is 9.13 Å². The maximum absolute atomic E-state index is 14.0. The molecule has 4 rings (SSSR count). The SMILES string of the molecule is C=C/C=C(\C=C/C)COc1ccc(Cl)cc1Cc1cccc(-c2nc3c(F)cccc3[nH]2)n1. The molecule has 2 aromatic carbocycles. The van der Waals surface area contributed by atoms with Crippen LogP contribution in [-0.2, 0) is 6.42 Å². The number of hydrogen-bond acceptors (Lipinski definition) is 3. The van der Waals surface area contributed by atoms with Crippen LogP contribution in [0.4, 0.5) is 4.39 Å². The summed E-state index contributed by atoms with van der Waals surface area (Å²) in [5.74, 6) is 0.886. The third kappa shape index (κ3) is 5.38. The van der Waals surface area contributed by atoms with Gasteiger partial charge >= 0.3 is 0 Å². The van der Waals surface area contributed by atoms with Crippen molar-refractivity contribution >= 4 is 22.6 Å². The molecule has 0 spiro atoms. The second-order valence-electron chi connectivity index (χ2n) is 7.43. The molecule has 0 saturated heterocycles. The average Bonchev–Trinajstić information content (AvgIpc) is 3.25. The normalized spacial score (nSPS) is 11.9. The highest BCUT2D eigenvalue weighted by molar-refractivity contribution is 6.30. The van der Waals surface area contributed by atoms with Crippen molar-refractivity contribution in [1.29, 1.82) is 0 Å². The molecule has 1 N–H and O–H groups in total. The quantitative estimate of drug-likeness (QED) is 0.286. The van der Waals surface area contributed by atoms with Crippen LogP contribution in [0.1, 0.15) is 18.2 Å². The maximum Gasteiger partial charge on any atom is 0.157 e. The van der Waals surface area contributed by atoms with Crippen molar-refractivity contribution in [1.82, 2.24) is 15.0 Å². The Labute approximate surface area is 197 Å². The number of rotatable bonds is 8. The van der Waals surface area contributed by atoms with Gasteiger partial charge in [-0.2, -0.15) is 0 Å². The molecule has 33 heavy (non-hydrogen) atoms. The summed E-state index contributed by atoms with van der Waals surface area (Å²) in [5, 5.41) is 0.622. The highest BCUT2D eigenvalue weighted by Gasteiger charge is 2.12. The molecule has 0 amide bonds. The summed E-state index contributed by atoms with van der Waals surface area (Å²) < 4.78 is 20.1. The number of hydrogen-bond donors (Lipinski definition) is 1. The molecule has 0 bridgehead atoms. The van der Waals surface area contributed by atoms with Crippen LogP contribution in [0.3, 0.4) is 0 Å². The van der Waals surface area contributed by atoms with Gasteiger partial charge < -0.3 is 9.72 Å². The smallest absolute Gasteiger partial charge is 0.157 e. The van der Waals surface area contributed by atoms with E-state index in [1.807, 2.05) is 55.5 Å². The maximum atomic E-state index is 14.0. The molecule has 0 atom stereocenters. The molecule has 0 fully saturated rings. The highest BCUT2D eigenvalue weighted by atomic mass is 35.5. The zero-order valence-corrected chi connectivity index (χ0v) is 18.9. The monoisotopic (exact) mass is 459 g/mol. The first-order chi connectivity index (χ1) is 16.1. The van der Waals surface area contributed by atoms with Gasteiger partial charge in [0.05, 0.1) is 5.52 Å². The topological polar surface area (TPSA) is 50.8 Å². The van der Waals surface area contributed by atoms with Gasteiger partial charge in [0.15, 0.2) is 11.6 Å². The van der Waals surface area contributed by atoms with Gasteiger partial charge in [0.2, 0.25) is 0 Å². The van der Waals surface area contributed by atoms with E-state index in [9.17, 15) is 4.39 Å². The van der Waals surface area contributed by atoms with E-state index in [2.05, 4.69) is 16.5 Å². The van der Waals surface area contributed by atoms with Crippen molar-refractivity contribution in [3.8, 4) is 17.3 Å². The Morgan fingerprint density at radius 1 is 1.15 bits per heavy atom. The highest BCUT2D eigenvalue weighted by Crippen LogP contribution is 2.27. The van der Waals surface area contributed by atoms with Gasteiger partial charge in [0, 0.05) is 22.7 Å². The third-order valence-corrected chi connectivity index (χ3v) is 5.25. The van der Waals surface area contributed by atoms with Gasteiger partial charge in [-0.25, -0.2) is 14.4 Å². The molecule has 166 valence electrons. The number of nitrogens with one attached hydrogen (secondary N) is 1. The minimum Gasteiger partial charge on any atom is -0.489 e. The van der Waals surface area contributed by atoms with Crippen molar-refractivity contribution in [2.45, 2.75) is 13.3 Å². The van der Waals surface area contributed by atoms with Crippen LogP contribution in [-0.4, -0.2) is 21.6 Å². The van der Waals surface area contributed by atoms with Crippen LogP contribution in [0.25, 0.3) is 22.6 Å². The average molecular weight is 460 g/mol. The van der Waals surface area contributed by atoms with E-state index in [-0.39, 0.29) is 5.82 Å². The molecule has 0 saturated carbocycles. The van der Waals surface area contributed by atoms with Gasteiger partial charge in [-0.15, -0.1) is 0 Å². The Kier molecular flexibility index (Phi) is 7.01. The van der Waals surface area contributed by atoms with Crippen LogP contribution in [0.15, 0.2) is 91.1 Å². The number of pyridine rings is 1. The lowest BCUT2D eigenvalue weighted by Crippen LogP contribution is -2.03. The molecule has 6 heteroatoms. The number of halogens is 2. The second-order valence-corrected chi connectivity index (χ2v) is 7.87. The van der Waals surface area contributed by atoms with E-state index < -0.39 is 0 Å². The van der Waals surface area contributed by atoms with Crippen LogP contribution in [0.5, 0.6) is 5.75 Å². The van der Waals surface area contributed by atoms with Crippen LogP contribution in [0.2, 0.25) is 5.02 Å². The van der Waals surface area contributed by atoms with Gasteiger partial charge in [0.1, 0.15) is 23.6 Å². The fourth-order valence-corrected chi connectivity index (χ4v) is 3.72. The molecule has 2 heterocycles. The summed E-state index contributed by atoms with van der Waals surface area (Å²) in [7, 11) is 0. The predicted molar refractivity (Wildman–Crippen MR) is 132 cm³/mol. The summed E-state index contributed by atoms with van der Waals surface area (Å²) in [6.45, 7) is 6.12. The molecule has 4 nitrogen and oxygen atoms in total. The number of nitrogens with zero attached hydrogens (tertiary/aromatic N) is 2. The fraction of sp³-hybridized carbons (Fsp3) is 0.111. The van der Waals surface area contributed by atoms with Gasteiger partial charge in [0.25, 0.3) is 0 Å². The standard InChI is InChI=1S/C27H23ClFN3O/c1-3-7-18(8-4-2)17-33-25-14-13-20(28)15-19(25)16-21-9-5-12-24(30-21)27-31-23-11-6-10-22(29)26(23)32-27/h3-15H,1,16-17H2,2H3,(H,31,32)/b8-4-,18-7+.